The molecule has 0 saturated carbocycles. The average Bonchev–Trinajstić information content (AvgIpc) is 3.78. The van der Waals surface area contributed by atoms with Crippen LogP contribution in [0.15, 0.2) is 65.5 Å². The molecule has 0 aliphatic carbocycles. The molecule has 4 heterocycles. The molecule has 6 rings (SSSR count). The number of anilines is 2. The van der Waals surface area contributed by atoms with Crippen LogP contribution in [-0.2, 0) is 38.6 Å². The maximum atomic E-state index is 14.3. The van der Waals surface area contributed by atoms with Gasteiger partial charge in [0.2, 0.25) is 23.6 Å². The van der Waals surface area contributed by atoms with E-state index in [1.807, 2.05) is 65.5 Å². The molecule has 0 bridgehead atoms. The zero-order valence-electron chi connectivity index (χ0n) is 27.3. The third-order valence-electron chi connectivity index (χ3n) is 8.97. The second-order valence-electron chi connectivity index (χ2n) is 13.4. The van der Waals surface area contributed by atoms with E-state index < -0.39 is 29.4 Å². The molecule has 2 aliphatic heterocycles. The van der Waals surface area contributed by atoms with E-state index in [2.05, 4.69) is 29.0 Å². The third-order valence-corrected chi connectivity index (χ3v) is 9.70. The molecule has 1 fully saturated rings. The van der Waals surface area contributed by atoms with E-state index in [1.54, 1.807) is 35.0 Å². The lowest BCUT2D eigenvalue weighted by atomic mass is 9.94. The van der Waals surface area contributed by atoms with Crippen LogP contribution in [0.2, 0.25) is 0 Å². The van der Waals surface area contributed by atoms with E-state index in [9.17, 15) is 19.2 Å². The summed E-state index contributed by atoms with van der Waals surface area (Å²) in [5, 5.41) is 10.8. The Hall–Kier alpha value is -4.48. The summed E-state index contributed by atoms with van der Waals surface area (Å²) in [6, 6.07) is 14.0. The summed E-state index contributed by atoms with van der Waals surface area (Å²) >= 11 is 1.54. The summed E-state index contributed by atoms with van der Waals surface area (Å²) < 4.78 is 2.15. The second-order valence-corrected chi connectivity index (χ2v) is 14.2. The fourth-order valence-corrected chi connectivity index (χ4v) is 7.19. The highest BCUT2D eigenvalue weighted by atomic mass is 32.1. The van der Waals surface area contributed by atoms with Crippen LogP contribution in [0.1, 0.15) is 63.3 Å². The maximum absolute atomic E-state index is 14.3. The third kappa shape index (κ3) is 6.55. The van der Waals surface area contributed by atoms with Crippen molar-refractivity contribution in [1.29, 1.82) is 0 Å². The van der Waals surface area contributed by atoms with Crippen molar-refractivity contribution in [3.05, 3.63) is 82.2 Å². The van der Waals surface area contributed by atoms with Gasteiger partial charge in [-0.1, -0.05) is 30.3 Å². The summed E-state index contributed by atoms with van der Waals surface area (Å²) in [5.74, 6) is -1.16. The Labute approximate surface area is 278 Å². The minimum atomic E-state index is -1.22. The number of rotatable bonds is 10. The van der Waals surface area contributed by atoms with Crippen LogP contribution in [-0.4, -0.2) is 52.4 Å². The number of amides is 4. The first kappa shape index (κ1) is 32.5. The number of carbonyl (C=O) groups excluding carboxylic acids is 4. The van der Waals surface area contributed by atoms with Gasteiger partial charge >= 0.3 is 0 Å². The van der Waals surface area contributed by atoms with Gasteiger partial charge in [0.1, 0.15) is 12.1 Å². The minimum Gasteiger partial charge on any atom is -0.345 e. The van der Waals surface area contributed by atoms with E-state index >= 15 is 0 Å². The molecule has 1 saturated heterocycles. The number of fused-ring (bicyclic) bond motifs is 2. The molecule has 2 aromatic heterocycles. The molecule has 0 radical (unpaired) electrons. The first-order valence-electron chi connectivity index (χ1n) is 16.2. The number of carbonyl (C=O) groups is 4. The Kier molecular flexibility index (Phi) is 8.95. The van der Waals surface area contributed by atoms with Crippen molar-refractivity contribution in [2.75, 3.05) is 16.3 Å². The number of thiophene rings is 1. The predicted octanol–water partition coefficient (Wildman–Crippen LogP) is 4.45. The smallest absolute Gasteiger partial charge is 0.250 e. The molecule has 4 aromatic rings. The lowest BCUT2D eigenvalue weighted by Crippen LogP contribution is -2.60. The van der Waals surface area contributed by atoms with Gasteiger partial charge in [0, 0.05) is 48.9 Å². The molecule has 2 aromatic carbocycles. The Morgan fingerprint density at radius 3 is 2.55 bits per heavy atom. The minimum absolute atomic E-state index is 0.0389. The van der Waals surface area contributed by atoms with E-state index in [4.69, 9.17) is 5.73 Å². The summed E-state index contributed by atoms with van der Waals surface area (Å²) in [5.41, 5.74) is 10.1. The Bertz CT molecular complexity index is 1820. The molecule has 11 heteroatoms. The molecule has 2 aliphatic rings. The van der Waals surface area contributed by atoms with Gasteiger partial charge in [-0.25, -0.2) is 0 Å². The number of nitrogens with one attached hydrogen (secondary N) is 2. The first-order valence-corrected chi connectivity index (χ1v) is 17.1. The van der Waals surface area contributed by atoms with E-state index in [0.717, 1.165) is 39.7 Å². The highest BCUT2D eigenvalue weighted by molar-refractivity contribution is 7.07. The molecule has 0 spiro atoms. The van der Waals surface area contributed by atoms with Crippen molar-refractivity contribution in [1.82, 2.24) is 15.2 Å². The Morgan fingerprint density at radius 1 is 1.09 bits per heavy atom. The van der Waals surface area contributed by atoms with Gasteiger partial charge in [-0.05, 0) is 79.8 Å². The van der Waals surface area contributed by atoms with Crippen LogP contribution < -0.4 is 26.2 Å². The number of para-hydroxylation sites is 2. The Morgan fingerprint density at radius 2 is 1.87 bits per heavy atom. The number of benzene rings is 2. The Balaban J connectivity index is 1.33. The molecule has 4 N–H and O–H groups in total. The standard InChI is InChI=1S/C36H42N6O4S/c1-22(2)41-20-25(26-10-5-6-11-29(26)41)18-27(39-35(46)36(3,4)37)33(44)38-28-17-24-9-7-12-30(40-15-8-13-31(40)43)32(24)42(34(28)45)19-23-14-16-47-21-23/h5-7,9-12,14,16,20-22,27-28H,8,13,15,17-19,37H2,1-4H3,(H,38,44)(H,39,46)/t27-,28?/m1/s1. The van der Waals surface area contributed by atoms with Crippen molar-refractivity contribution in [2.24, 2.45) is 5.73 Å². The van der Waals surface area contributed by atoms with Crippen molar-refractivity contribution in [2.45, 2.75) is 83.6 Å². The molecular weight excluding hydrogens is 613 g/mol. The first-order chi connectivity index (χ1) is 22.4. The molecular formula is C36H42N6O4S. The lowest BCUT2D eigenvalue weighted by molar-refractivity contribution is -0.133. The quantitative estimate of drug-likeness (QED) is 0.233. The summed E-state index contributed by atoms with van der Waals surface area (Å²) in [7, 11) is 0. The largest absolute Gasteiger partial charge is 0.345 e. The molecule has 4 amide bonds. The second kappa shape index (κ2) is 13.0. The van der Waals surface area contributed by atoms with Crippen molar-refractivity contribution < 1.29 is 19.2 Å². The van der Waals surface area contributed by atoms with Crippen LogP contribution in [0, 0.1) is 0 Å². The molecule has 47 heavy (non-hydrogen) atoms. The zero-order chi connectivity index (χ0) is 33.5. The number of hydrogen-bond acceptors (Lipinski definition) is 6. The number of nitrogens with two attached hydrogens (primary N) is 1. The van der Waals surface area contributed by atoms with Crippen LogP contribution >= 0.6 is 11.3 Å². The molecule has 10 nitrogen and oxygen atoms in total. The predicted molar refractivity (Wildman–Crippen MR) is 185 cm³/mol. The summed E-state index contributed by atoms with van der Waals surface area (Å²) in [6.45, 7) is 8.28. The van der Waals surface area contributed by atoms with Crippen molar-refractivity contribution >= 4 is 57.2 Å². The van der Waals surface area contributed by atoms with E-state index in [1.165, 1.54) is 0 Å². The zero-order valence-corrected chi connectivity index (χ0v) is 28.1. The topological polar surface area (TPSA) is 130 Å². The van der Waals surface area contributed by atoms with Crippen LogP contribution in [0.4, 0.5) is 11.4 Å². The fourth-order valence-electron chi connectivity index (χ4n) is 6.53. The van der Waals surface area contributed by atoms with Gasteiger partial charge in [-0.2, -0.15) is 11.3 Å². The average molecular weight is 655 g/mol. The SMILES string of the molecule is CC(C)n1cc(C[C@@H](NC(=O)C(C)(C)N)C(=O)NC2Cc3cccc(N4CCCC4=O)c3N(Cc3ccsc3)C2=O)c2ccccc21. The molecule has 2 atom stereocenters. The van der Waals surface area contributed by atoms with Gasteiger partial charge in [-0.15, -0.1) is 0 Å². The fraction of sp³-hybridized carbons (Fsp3) is 0.389. The lowest BCUT2D eigenvalue weighted by Gasteiger charge is -2.37. The van der Waals surface area contributed by atoms with Gasteiger partial charge < -0.3 is 30.7 Å². The van der Waals surface area contributed by atoms with Gasteiger partial charge in [0.05, 0.1) is 23.5 Å². The highest BCUT2D eigenvalue weighted by Crippen LogP contribution is 2.40. The maximum Gasteiger partial charge on any atom is 0.250 e. The van der Waals surface area contributed by atoms with Crippen LogP contribution in [0.25, 0.3) is 10.9 Å². The summed E-state index contributed by atoms with van der Waals surface area (Å²) in [4.78, 5) is 57.9. The number of aromatic nitrogens is 1. The van der Waals surface area contributed by atoms with E-state index in [0.29, 0.717) is 25.2 Å². The number of hydrogen-bond donors (Lipinski definition) is 3. The van der Waals surface area contributed by atoms with Gasteiger partial charge in [-0.3, -0.25) is 19.2 Å². The van der Waals surface area contributed by atoms with Gasteiger partial charge in [0.25, 0.3) is 0 Å². The van der Waals surface area contributed by atoms with Crippen LogP contribution in [0.5, 0.6) is 0 Å². The normalized spacial score (nSPS) is 17.4. The molecule has 1 unspecified atom stereocenters. The highest BCUT2D eigenvalue weighted by Gasteiger charge is 2.39. The summed E-state index contributed by atoms with van der Waals surface area (Å²) in [6.07, 6.45) is 3.74. The van der Waals surface area contributed by atoms with Crippen LogP contribution in [0.3, 0.4) is 0 Å². The van der Waals surface area contributed by atoms with Crippen molar-refractivity contribution in [3.63, 3.8) is 0 Å². The van der Waals surface area contributed by atoms with Gasteiger partial charge in [0.15, 0.2) is 0 Å². The van der Waals surface area contributed by atoms with E-state index in [-0.39, 0.29) is 30.7 Å². The monoisotopic (exact) mass is 654 g/mol. The van der Waals surface area contributed by atoms with Crippen molar-refractivity contribution in [3.8, 4) is 0 Å². The molecule has 246 valence electrons. The number of nitrogens with zero attached hydrogens (tertiary/aromatic N) is 3.